The molecular formula is C25H20N4O2S. The van der Waals surface area contributed by atoms with Crippen molar-refractivity contribution in [2.75, 3.05) is 18.7 Å². The van der Waals surface area contributed by atoms with Gasteiger partial charge in [0.05, 0.1) is 5.56 Å². The summed E-state index contributed by atoms with van der Waals surface area (Å²) in [7, 11) is 0. The van der Waals surface area contributed by atoms with Gasteiger partial charge in [0.1, 0.15) is 28.5 Å². The minimum Gasteiger partial charge on any atom is -0.454 e. The first-order valence-corrected chi connectivity index (χ1v) is 11.4. The SMILES string of the molecule is N#Cc1c(NCC2CC2)nc(SCc2ccccc2)c(C#N)c1-c1ccc2c(c1)OCO2. The first-order chi connectivity index (χ1) is 15.8. The maximum Gasteiger partial charge on any atom is 0.231 e. The molecule has 2 aliphatic rings. The number of hydrogen-bond acceptors (Lipinski definition) is 7. The van der Waals surface area contributed by atoms with Crippen LogP contribution in [0, 0.1) is 28.6 Å². The molecule has 0 amide bonds. The van der Waals surface area contributed by atoms with Gasteiger partial charge in [-0.3, -0.25) is 0 Å². The highest BCUT2D eigenvalue weighted by Crippen LogP contribution is 2.42. The lowest BCUT2D eigenvalue weighted by Gasteiger charge is -2.16. The number of nitriles is 2. The van der Waals surface area contributed by atoms with Crippen LogP contribution in [-0.4, -0.2) is 18.3 Å². The third-order valence-corrected chi connectivity index (χ3v) is 6.57. The predicted molar refractivity (Wildman–Crippen MR) is 122 cm³/mol. The maximum atomic E-state index is 10.1. The molecule has 2 heterocycles. The average molecular weight is 441 g/mol. The summed E-state index contributed by atoms with van der Waals surface area (Å²) in [5, 5.41) is 24.1. The van der Waals surface area contributed by atoms with Gasteiger partial charge in [0.15, 0.2) is 11.5 Å². The highest BCUT2D eigenvalue weighted by atomic mass is 32.2. The topological polar surface area (TPSA) is 91.0 Å². The van der Waals surface area contributed by atoms with Gasteiger partial charge < -0.3 is 14.8 Å². The van der Waals surface area contributed by atoms with Crippen molar-refractivity contribution in [1.29, 1.82) is 10.5 Å². The molecule has 7 heteroatoms. The van der Waals surface area contributed by atoms with Crippen molar-refractivity contribution in [2.24, 2.45) is 5.92 Å². The van der Waals surface area contributed by atoms with Gasteiger partial charge in [-0.05, 0) is 42.0 Å². The number of rotatable bonds is 7. The van der Waals surface area contributed by atoms with Crippen LogP contribution in [0.2, 0.25) is 0 Å². The van der Waals surface area contributed by atoms with Crippen molar-refractivity contribution in [2.45, 2.75) is 23.6 Å². The second kappa shape index (κ2) is 8.82. The zero-order valence-electron chi connectivity index (χ0n) is 17.3. The third-order valence-electron chi connectivity index (χ3n) is 5.52. The number of anilines is 1. The van der Waals surface area contributed by atoms with Crippen LogP contribution >= 0.6 is 11.8 Å². The van der Waals surface area contributed by atoms with Crippen molar-refractivity contribution in [1.82, 2.24) is 4.98 Å². The molecule has 1 N–H and O–H groups in total. The van der Waals surface area contributed by atoms with Crippen LogP contribution in [0.5, 0.6) is 11.5 Å². The van der Waals surface area contributed by atoms with Gasteiger partial charge in [0.2, 0.25) is 6.79 Å². The van der Waals surface area contributed by atoms with E-state index in [-0.39, 0.29) is 6.79 Å². The lowest BCUT2D eigenvalue weighted by Crippen LogP contribution is -2.10. The van der Waals surface area contributed by atoms with Crippen LogP contribution in [-0.2, 0) is 5.75 Å². The van der Waals surface area contributed by atoms with Gasteiger partial charge in [-0.15, -0.1) is 11.8 Å². The van der Waals surface area contributed by atoms with Crippen molar-refractivity contribution in [3.05, 3.63) is 65.2 Å². The summed E-state index contributed by atoms with van der Waals surface area (Å²) in [6.07, 6.45) is 2.38. The van der Waals surface area contributed by atoms with E-state index in [1.165, 1.54) is 24.6 Å². The smallest absolute Gasteiger partial charge is 0.231 e. The molecule has 5 rings (SSSR count). The number of nitrogens with one attached hydrogen (secondary N) is 1. The minimum atomic E-state index is 0.164. The number of nitrogens with zero attached hydrogens (tertiary/aromatic N) is 3. The largest absolute Gasteiger partial charge is 0.454 e. The van der Waals surface area contributed by atoms with Gasteiger partial charge in [-0.1, -0.05) is 36.4 Å². The number of pyridine rings is 1. The van der Waals surface area contributed by atoms with Crippen LogP contribution in [0.1, 0.15) is 29.5 Å². The van der Waals surface area contributed by atoms with Crippen molar-refractivity contribution in [3.63, 3.8) is 0 Å². The van der Waals surface area contributed by atoms with E-state index in [9.17, 15) is 10.5 Å². The minimum absolute atomic E-state index is 0.164. The van der Waals surface area contributed by atoms with E-state index < -0.39 is 0 Å². The monoisotopic (exact) mass is 440 g/mol. The lowest BCUT2D eigenvalue weighted by molar-refractivity contribution is 0.174. The van der Waals surface area contributed by atoms with Crippen LogP contribution < -0.4 is 14.8 Å². The molecule has 0 atom stereocenters. The van der Waals surface area contributed by atoms with Crippen molar-refractivity contribution < 1.29 is 9.47 Å². The predicted octanol–water partition coefficient (Wildman–Crippen LogP) is 5.33. The standard InChI is InChI=1S/C25H20N4O2S/c26-11-19-23(18-8-9-21-22(10-18)31-15-30-21)20(12-27)25(29-24(19)28-13-16-6-7-16)32-14-17-4-2-1-3-5-17/h1-5,8-10,16H,6-7,13-15H2,(H,28,29). The molecule has 1 aromatic heterocycles. The van der Waals surface area contributed by atoms with E-state index in [4.69, 9.17) is 14.5 Å². The fourth-order valence-electron chi connectivity index (χ4n) is 3.64. The van der Waals surface area contributed by atoms with E-state index in [1.54, 1.807) is 0 Å². The van der Waals surface area contributed by atoms with Crippen LogP contribution in [0.4, 0.5) is 5.82 Å². The van der Waals surface area contributed by atoms with E-state index in [0.717, 1.165) is 17.7 Å². The van der Waals surface area contributed by atoms with Crippen LogP contribution in [0.3, 0.4) is 0 Å². The van der Waals surface area contributed by atoms with E-state index in [2.05, 4.69) is 17.5 Å². The summed E-state index contributed by atoms with van der Waals surface area (Å²) in [6, 6.07) is 20.2. The van der Waals surface area contributed by atoms with Crippen molar-refractivity contribution in [3.8, 4) is 34.8 Å². The Morgan fingerprint density at radius 1 is 1.00 bits per heavy atom. The molecule has 0 radical (unpaired) electrons. The molecule has 2 aromatic carbocycles. The molecule has 3 aromatic rings. The quantitative estimate of drug-likeness (QED) is 0.496. The molecule has 158 valence electrons. The fraction of sp³-hybridized carbons (Fsp3) is 0.240. The molecule has 0 spiro atoms. The Balaban J connectivity index is 1.61. The Morgan fingerprint density at radius 3 is 2.53 bits per heavy atom. The normalized spacial score (nSPS) is 13.9. The third kappa shape index (κ3) is 4.08. The summed E-state index contributed by atoms with van der Waals surface area (Å²) >= 11 is 1.50. The molecule has 1 saturated carbocycles. The lowest BCUT2D eigenvalue weighted by atomic mass is 9.96. The first kappa shape index (κ1) is 20.2. The van der Waals surface area contributed by atoms with E-state index in [0.29, 0.717) is 50.7 Å². The Kier molecular flexibility index (Phi) is 5.58. The summed E-state index contributed by atoms with van der Waals surface area (Å²) < 4.78 is 11.0. The average Bonchev–Trinajstić information content (AvgIpc) is 3.55. The summed E-state index contributed by atoms with van der Waals surface area (Å²) in [6.45, 7) is 0.939. The zero-order chi connectivity index (χ0) is 21.9. The van der Waals surface area contributed by atoms with Crippen LogP contribution in [0.15, 0.2) is 53.6 Å². The van der Waals surface area contributed by atoms with E-state index in [1.807, 2.05) is 48.5 Å². The molecule has 0 bridgehead atoms. The highest BCUT2D eigenvalue weighted by Gasteiger charge is 2.26. The molecule has 0 saturated heterocycles. The molecular weight excluding hydrogens is 420 g/mol. The summed E-state index contributed by atoms with van der Waals surface area (Å²) in [5.74, 6) is 3.09. The zero-order valence-corrected chi connectivity index (χ0v) is 18.1. The molecule has 6 nitrogen and oxygen atoms in total. The Bertz CT molecular complexity index is 1240. The highest BCUT2D eigenvalue weighted by molar-refractivity contribution is 7.98. The molecule has 0 unspecified atom stereocenters. The number of ether oxygens (including phenoxy) is 2. The van der Waals surface area contributed by atoms with Gasteiger partial charge in [-0.25, -0.2) is 4.98 Å². The number of fused-ring (bicyclic) bond motifs is 1. The van der Waals surface area contributed by atoms with Crippen LogP contribution in [0.25, 0.3) is 11.1 Å². The second-order valence-corrected chi connectivity index (χ2v) is 8.74. The summed E-state index contributed by atoms with van der Waals surface area (Å²) in [5.41, 5.74) is 3.24. The number of aromatic nitrogens is 1. The second-order valence-electron chi connectivity index (χ2n) is 7.78. The number of hydrogen-bond donors (Lipinski definition) is 1. The Morgan fingerprint density at radius 2 is 1.78 bits per heavy atom. The number of thioether (sulfide) groups is 1. The summed E-state index contributed by atoms with van der Waals surface area (Å²) in [4.78, 5) is 4.74. The molecule has 1 aliphatic heterocycles. The van der Waals surface area contributed by atoms with Gasteiger partial charge in [0.25, 0.3) is 0 Å². The molecule has 1 fully saturated rings. The van der Waals surface area contributed by atoms with E-state index >= 15 is 0 Å². The van der Waals surface area contributed by atoms with Gasteiger partial charge >= 0.3 is 0 Å². The van der Waals surface area contributed by atoms with Gasteiger partial charge in [-0.2, -0.15) is 10.5 Å². The molecule has 32 heavy (non-hydrogen) atoms. The maximum absolute atomic E-state index is 10.1. The van der Waals surface area contributed by atoms with Crippen molar-refractivity contribution >= 4 is 17.6 Å². The Hall–Kier alpha value is -3.68. The van der Waals surface area contributed by atoms with Gasteiger partial charge in [0, 0.05) is 17.9 Å². The number of benzene rings is 2. The first-order valence-electron chi connectivity index (χ1n) is 10.5. The fourth-order valence-corrected chi connectivity index (χ4v) is 4.58. The molecule has 1 aliphatic carbocycles. The Labute approximate surface area is 190 Å².